The summed E-state index contributed by atoms with van der Waals surface area (Å²) in [7, 11) is 0. The van der Waals surface area contributed by atoms with E-state index in [0.29, 0.717) is 17.7 Å². The van der Waals surface area contributed by atoms with Gasteiger partial charge in [0.2, 0.25) is 5.91 Å². The van der Waals surface area contributed by atoms with Crippen molar-refractivity contribution < 1.29 is 9.21 Å². The predicted octanol–water partition coefficient (Wildman–Crippen LogP) is 4.62. The Hall–Kier alpha value is -2.27. The molecule has 0 saturated carbocycles. The van der Waals surface area contributed by atoms with Crippen molar-refractivity contribution in [3.63, 3.8) is 0 Å². The molecule has 0 radical (unpaired) electrons. The Morgan fingerprint density at radius 1 is 1.16 bits per heavy atom. The van der Waals surface area contributed by atoms with Crippen LogP contribution in [-0.2, 0) is 4.79 Å². The van der Waals surface area contributed by atoms with Crippen LogP contribution in [0.25, 0.3) is 11.1 Å². The number of rotatable bonds is 7. The molecule has 1 aromatic heterocycles. The highest BCUT2D eigenvalue weighted by Crippen LogP contribution is 2.27. The summed E-state index contributed by atoms with van der Waals surface area (Å²) < 4.78 is 5.68. The van der Waals surface area contributed by atoms with Gasteiger partial charge in [-0.2, -0.15) is 0 Å². The maximum atomic E-state index is 12.4. The maximum Gasteiger partial charge on any atom is 0.257 e. The summed E-state index contributed by atoms with van der Waals surface area (Å²) in [5, 5.41) is 3.32. The van der Waals surface area contributed by atoms with Crippen LogP contribution in [0.3, 0.4) is 0 Å². The van der Waals surface area contributed by atoms with Crippen molar-refractivity contribution in [2.24, 2.45) is 0 Å². The Morgan fingerprint density at radius 2 is 1.88 bits per heavy atom. The van der Waals surface area contributed by atoms with Gasteiger partial charge in [-0.05, 0) is 31.0 Å². The number of thioether (sulfide) groups is 1. The highest BCUT2D eigenvalue weighted by molar-refractivity contribution is 8.00. The molecule has 0 aliphatic heterocycles. The fraction of sp³-hybridized carbons (Fsp3) is 0.300. The summed E-state index contributed by atoms with van der Waals surface area (Å²) >= 11 is 1.34. The van der Waals surface area contributed by atoms with Crippen molar-refractivity contribution in [3.8, 4) is 0 Å². The van der Waals surface area contributed by atoms with Gasteiger partial charge in [-0.3, -0.25) is 4.79 Å². The van der Waals surface area contributed by atoms with Gasteiger partial charge in [-0.15, -0.1) is 0 Å². The maximum absolute atomic E-state index is 12.4. The molecule has 0 fully saturated rings. The summed E-state index contributed by atoms with van der Waals surface area (Å²) in [5.41, 5.74) is 2.81. The summed E-state index contributed by atoms with van der Waals surface area (Å²) in [6.07, 6.45) is 0.983. The zero-order chi connectivity index (χ0) is 17.6. The first-order chi connectivity index (χ1) is 12.2. The molecule has 0 unspecified atom stereocenters. The highest BCUT2D eigenvalue weighted by atomic mass is 32.2. The van der Waals surface area contributed by atoms with E-state index < -0.39 is 0 Å². The Kier molecular flexibility index (Phi) is 5.76. The number of benzene rings is 2. The van der Waals surface area contributed by atoms with E-state index in [1.165, 1.54) is 17.3 Å². The monoisotopic (exact) mass is 354 g/mol. The van der Waals surface area contributed by atoms with E-state index in [1.807, 2.05) is 49.4 Å². The number of nitrogens with one attached hydrogen (secondary N) is 1. The average Bonchev–Trinajstić information content (AvgIpc) is 3.05. The predicted molar refractivity (Wildman–Crippen MR) is 102 cm³/mol. The van der Waals surface area contributed by atoms with Gasteiger partial charge in [-0.25, -0.2) is 4.98 Å². The molecule has 3 rings (SSSR count). The van der Waals surface area contributed by atoms with Gasteiger partial charge >= 0.3 is 0 Å². The Labute approximate surface area is 152 Å². The molecule has 2 aromatic carbocycles. The van der Waals surface area contributed by atoms with Gasteiger partial charge in [0.05, 0.1) is 5.25 Å². The Balaban J connectivity index is 1.57. The molecule has 1 heterocycles. The number of nitrogens with zero attached hydrogens (tertiary/aromatic N) is 1. The average molecular weight is 354 g/mol. The number of oxazole rings is 1. The van der Waals surface area contributed by atoms with E-state index in [2.05, 4.69) is 29.4 Å². The van der Waals surface area contributed by atoms with E-state index in [4.69, 9.17) is 4.42 Å². The number of amides is 1. The van der Waals surface area contributed by atoms with E-state index in [0.717, 1.165) is 17.5 Å². The van der Waals surface area contributed by atoms with E-state index >= 15 is 0 Å². The number of para-hydroxylation sites is 2. The number of carbonyl (C=O) groups excluding carboxylic acids is 1. The van der Waals surface area contributed by atoms with Crippen molar-refractivity contribution in [3.05, 3.63) is 60.2 Å². The van der Waals surface area contributed by atoms with Crippen LogP contribution < -0.4 is 5.32 Å². The molecular weight excluding hydrogens is 332 g/mol. The van der Waals surface area contributed by atoms with Gasteiger partial charge in [-0.1, -0.05) is 61.2 Å². The first-order valence-corrected chi connectivity index (χ1v) is 9.40. The minimum Gasteiger partial charge on any atom is -0.431 e. The van der Waals surface area contributed by atoms with Crippen LogP contribution in [0, 0.1) is 0 Å². The minimum atomic E-state index is -0.263. The largest absolute Gasteiger partial charge is 0.431 e. The molecule has 0 spiro atoms. The second-order valence-corrected chi connectivity index (χ2v) is 7.26. The van der Waals surface area contributed by atoms with Crippen molar-refractivity contribution >= 4 is 28.8 Å². The summed E-state index contributed by atoms with van der Waals surface area (Å²) in [6, 6.07) is 17.9. The first kappa shape index (κ1) is 17.5. The molecular formula is C20H22N2O2S. The molecule has 4 nitrogen and oxygen atoms in total. The van der Waals surface area contributed by atoms with Crippen LogP contribution in [-0.4, -0.2) is 22.7 Å². The van der Waals surface area contributed by atoms with Gasteiger partial charge < -0.3 is 9.73 Å². The second-order valence-electron chi connectivity index (χ2n) is 5.97. The standard InChI is InChI=1S/C20H22N2O2S/c1-3-15(16-9-5-4-6-10-16)13-21-19(23)14(2)25-20-22-17-11-7-8-12-18(17)24-20/h4-12,14-15H,3,13H2,1-2H3,(H,21,23)/t14-,15+/m0/s1. The molecule has 1 N–H and O–H groups in total. The molecule has 1 amide bonds. The van der Waals surface area contributed by atoms with Crippen molar-refractivity contribution in [2.75, 3.05) is 6.54 Å². The van der Waals surface area contributed by atoms with Gasteiger partial charge in [0, 0.05) is 12.5 Å². The van der Waals surface area contributed by atoms with Crippen LogP contribution in [0.5, 0.6) is 0 Å². The van der Waals surface area contributed by atoms with Crippen LogP contribution in [0.4, 0.5) is 0 Å². The van der Waals surface area contributed by atoms with Crippen LogP contribution in [0.2, 0.25) is 0 Å². The summed E-state index contributed by atoms with van der Waals surface area (Å²) in [6.45, 7) is 4.65. The molecule has 0 aliphatic rings. The lowest BCUT2D eigenvalue weighted by Crippen LogP contribution is -2.34. The Morgan fingerprint density at radius 3 is 2.60 bits per heavy atom. The molecule has 3 aromatic rings. The van der Waals surface area contributed by atoms with Crippen LogP contribution >= 0.6 is 11.8 Å². The van der Waals surface area contributed by atoms with E-state index in [1.54, 1.807) is 0 Å². The van der Waals surface area contributed by atoms with Gasteiger partial charge in [0.1, 0.15) is 5.52 Å². The van der Waals surface area contributed by atoms with Crippen molar-refractivity contribution in [1.29, 1.82) is 0 Å². The fourth-order valence-corrected chi connectivity index (χ4v) is 3.48. The van der Waals surface area contributed by atoms with Crippen LogP contribution in [0.15, 0.2) is 64.2 Å². The third kappa shape index (κ3) is 4.42. The zero-order valence-electron chi connectivity index (χ0n) is 14.4. The summed E-state index contributed by atoms with van der Waals surface area (Å²) in [4.78, 5) is 16.8. The van der Waals surface area contributed by atoms with Crippen LogP contribution in [0.1, 0.15) is 31.7 Å². The normalized spacial score (nSPS) is 13.5. The zero-order valence-corrected chi connectivity index (χ0v) is 15.3. The third-order valence-corrected chi connectivity index (χ3v) is 5.15. The fourth-order valence-electron chi connectivity index (χ4n) is 2.70. The first-order valence-electron chi connectivity index (χ1n) is 8.52. The van der Waals surface area contributed by atoms with Gasteiger partial charge in [0.15, 0.2) is 5.58 Å². The lowest BCUT2D eigenvalue weighted by atomic mass is 9.96. The molecule has 5 heteroatoms. The number of carbonyl (C=O) groups is 1. The SMILES string of the molecule is CC[C@H](CNC(=O)[C@H](C)Sc1nc2ccccc2o1)c1ccccc1. The number of hydrogen-bond donors (Lipinski definition) is 1. The van der Waals surface area contributed by atoms with E-state index in [9.17, 15) is 4.79 Å². The molecule has 0 bridgehead atoms. The summed E-state index contributed by atoms with van der Waals surface area (Å²) in [5.74, 6) is 0.327. The molecule has 25 heavy (non-hydrogen) atoms. The van der Waals surface area contributed by atoms with E-state index in [-0.39, 0.29) is 11.2 Å². The molecule has 0 aliphatic carbocycles. The second kappa shape index (κ2) is 8.21. The molecule has 130 valence electrons. The third-order valence-electron chi connectivity index (χ3n) is 4.21. The Bertz CT molecular complexity index is 799. The van der Waals surface area contributed by atoms with Crippen molar-refractivity contribution in [1.82, 2.24) is 10.3 Å². The number of fused-ring (bicyclic) bond motifs is 1. The molecule has 2 atom stereocenters. The topological polar surface area (TPSA) is 55.1 Å². The van der Waals surface area contributed by atoms with Gasteiger partial charge in [0.25, 0.3) is 5.22 Å². The lowest BCUT2D eigenvalue weighted by Gasteiger charge is -2.17. The minimum absolute atomic E-state index is 0.00152. The highest BCUT2D eigenvalue weighted by Gasteiger charge is 2.19. The quantitative estimate of drug-likeness (QED) is 0.629. The number of hydrogen-bond acceptors (Lipinski definition) is 4. The molecule has 0 saturated heterocycles. The smallest absolute Gasteiger partial charge is 0.257 e. The lowest BCUT2D eigenvalue weighted by molar-refractivity contribution is -0.120. The number of aromatic nitrogens is 1. The van der Waals surface area contributed by atoms with Crippen molar-refractivity contribution in [2.45, 2.75) is 36.7 Å².